The third-order valence-electron chi connectivity index (χ3n) is 3.52. The topological polar surface area (TPSA) is 55.1 Å². The zero-order chi connectivity index (χ0) is 15.5. The molecule has 4 nitrogen and oxygen atoms in total. The Labute approximate surface area is 128 Å². The molecule has 0 aliphatic heterocycles. The highest BCUT2D eigenvalue weighted by molar-refractivity contribution is 5.87. The molecule has 0 aliphatic rings. The lowest BCUT2D eigenvalue weighted by molar-refractivity contribution is 0.0684. The van der Waals surface area contributed by atoms with Gasteiger partial charge in [-0.2, -0.15) is 5.10 Å². The molecular formula is C18H16N2O2. The first-order valence-corrected chi connectivity index (χ1v) is 7.05. The molecule has 1 aromatic heterocycles. The van der Waals surface area contributed by atoms with Gasteiger partial charge in [0.05, 0.1) is 12.2 Å². The number of carboxylic acids is 1. The van der Waals surface area contributed by atoms with Crippen molar-refractivity contribution in [2.45, 2.75) is 13.5 Å². The quantitative estimate of drug-likeness (QED) is 0.799. The number of aromatic carboxylic acids is 1. The Morgan fingerprint density at radius 3 is 2.41 bits per heavy atom. The zero-order valence-electron chi connectivity index (χ0n) is 12.2. The molecule has 110 valence electrons. The van der Waals surface area contributed by atoms with Crippen LogP contribution in [0.4, 0.5) is 0 Å². The number of aryl methyl sites for hydroxylation is 1. The Morgan fingerprint density at radius 2 is 1.77 bits per heavy atom. The van der Waals surface area contributed by atoms with E-state index in [0.717, 1.165) is 11.1 Å². The molecule has 3 aromatic rings. The molecule has 4 heteroatoms. The molecule has 0 radical (unpaired) electrons. The fraction of sp³-hybridized carbons (Fsp3) is 0.111. The standard InChI is InChI=1S/C18H16N2O2/c1-13-7-9-14(10-8-13)12-20-17(18(21)22)11-16(19-20)15-5-3-2-4-6-15/h2-11H,12H2,1H3,(H,21,22). The van der Waals surface area contributed by atoms with E-state index in [1.165, 1.54) is 10.2 Å². The number of hydrogen-bond acceptors (Lipinski definition) is 2. The summed E-state index contributed by atoms with van der Waals surface area (Å²) >= 11 is 0. The Kier molecular flexibility index (Phi) is 3.74. The minimum atomic E-state index is -0.971. The van der Waals surface area contributed by atoms with Gasteiger partial charge in [-0.1, -0.05) is 60.2 Å². The van der Waals surface area contributed by atoms with E-state index in [1.807, 2.05) is 61.5 Å². The normalized spacial score (nSPS) is 10.6. The number of aromatic nitrogens is 2. The van der Waals surface area contributed by atoms with Crippen LogP contribution in [0.5, 0.6) is 0 Å². The summed E-state index contributed by atoms with van der Waals surface area (Å²) in [6.07, 6.45) is 0. The van der Waals surface area contributed by atoms with Crippen molar-refractivity contribution < 1.29 is 9.90 Å². The minimum Gasteiger partial charge on any atom is -0.477 e. The molecule has 0 aliphatic carbocycles. The molecule has 1 N–H and O–H groups in total. The highest BCUT2D eigenvalue weighted by Crippen LogP contribution is 2.19. The summed E-state index contributed by atoms with van der Waals surface area (Å²) < 4.78 is 1.54. The highest BCUT2D eigenvalue weighted by Gasteiger charge is 2.15. The van der Waals surface area contributed by atoms with Crippen molar-refractivity contribution >= 4 is 5.97 Å². The van der Waals surface area contributed by atoms with E-state index in [0.29, 0.717) is 12.2 Å². The van der Waals surface area contributed by atoms with E-state index in [2.05, 4.69) is 5.10 Å². The molecule has 1 heterocycles. The summed E-state index contributed by atoms with van der Waals surface area (Å²) in [5.74, 6) is -0.971. The summed E-state index contributed by atoms with van der Waals surface area (Å²) in [6.45, 7) is 2.46. The fourth-order valence-corrected chi connectivity index (χ4v) is 2.33. The second-order valence-electron chi connectivity index (χ2n) is 5.23. The van der Waals surface area contributed by atoms with Crippen molar-refractivity contribution in [2.24, 2.45) is 0 Å². The number of rotatable bonds is 4. The van der Waals surface area contributed by atoms with Crippen LogP contribution in [-0.2, 0) is 6.54 Å². The maximum atomic E-state index is 11.4. The van der Waals surface area contributed by atoms with E-state index in [-0.39, 0.29) is 5.69 Å². The first-order valence-electron chi connectivity index (χ1n) is 7.05. The molecule has 0 unspecified atom stereocenters. The van der Waals surface area contributed by atoms with E-state index in [9.17, 15) is 9.90 Å². The van der Waals surface area contributed by atoms with Crippen molar-refractivity contribution in [3.63, 3.8) is 0 Å². The van der Waals surface area contributed by atoms with Crippen molar-refractivity contribution in [1.82, 2.24) is 9.78 Å². The van der Waals surface area contributed by atoms with E-state index in [1.54, 1.807) is 6.07 Å². The van der Waals surface area contributed by atoms with Crippen LogP contribution in [0.3, 0.4) is 0 Å². The smallest absolute Gasteiger partial charge is 0.354 e. The van der Waals surface area contributed by atoms with Crippen LogP contribution < -0.4 is 0 Å². The van der Waals surface area contributed by atoms with Crippen molar-refractivity contribution in [3.05, 3.63) is 77.5 Å². The lowest BCUT2D eigenvalue weighted by atomic mass is 10.1. The first kappa shape index (κ1) is 14.1. The van der Waals surface area contributed by atoms with E-state index in [4.69, 9.17) is 0 Å². The predicted molar refractivity (Wildman–Crippen MR) is 84.9 cm³/mol. The van der Waals surface area contributed by atoms with Gasteiger partial charge in [-0.05, 0) is 18.6 Å². The summed E-state index contributed by atoms with van der Waals surface area (Å²) in [4.78, 5) is 11.4. The summed E-state index contributed by atoms with van der Waals surface area (Å²) in [6, 6.07) is 19.2. The Bertz CT molecular complexity index is 790. The van der Waals surface area contributed by atoms with Crippen molar-refractivity contribution in [1.29, 1.82) is 0 Å². The van der Waals surface area contributed by atoms with Gasteiger partial charge in [-0.3, -0.25) is 4.68 Å². The molecular weight excluding hydrogens is 276 g/mol. The van der Waals surface area contributed by atoms with Gasteiger partial charge in [-0.15, -0.1) is 0 Å². The average molecular weight is 292 g/mol. The fourth-order valence-electron chi connectivity index (χ4n) is 2.33. The molecule has 0 saturated heterocycles. The minimum absolute atomic E-state index is 0.194. The number of nitrogens with zero attached hydrogens (tertiary/aromatic N) is 2. The van der Waals surface area contributed by atoms with Crippen LogP contribution in [0.25, 0.3) is 11.3 Å². The van der Waals surface area contributed by atoms with Crippen LogP contribution in [0.1, 0.15) is 21.6 Å². The van der Waals surface area contributed by atoms with Crippen LogP contribution >= 0.6 is 0 Å². The number of benzene rings is 2. The molecule has 22 heavy (non-hydrogen) atoms. The zero-order valence-corrected chi connectivity index (χ0v) is 12.2. The summed E-state index contributed by atoms with van der Waals surface area (Å²) in [5.41, 5.74) is 3.97. The maximum Gasteiger partial charge on any atom is 0.354 e. The van der Waals surface area contributed by atoms with Gasteiger partial charge in [0.15, 0.2) is 0 Å². The van der Waals surface area contributed by atoms with Crippen LogP contribution in [0, 0.1) is 6.92 Å². The lowest BCUT2D eigenvalue weighted by Crippen LogP contribution is -2.10. The Morgan fingerprint density at radius 1 is 1.09 bits per heavy atom. The largest absolute Gasteiger partial charge is 0.477 e. The monoisotopic (exact) mass is 292 g/mol. The first-order chi connectivity index (χ1) is 10.6. The third-order valence-corrected chi connectivity index (χ3v) is 3.52. The van der Waals surface area contributed by atoms with E-state index < -0.39 is 5.97 Å². The molecule has 0 atom stereocenters. The molecule has 0 amide bonds. The van der Waals surface area contributed by atoms with Crippen molar-refractivity contribution in [2.75, 3.05) is 0 Å². The van der Waals surface area contributed by atoms with Crippen LogP contribution in [-0.4, -0.2) is 20.9 Å². The van der Waals surface area contributed by atoms with Crippen LogP contribution in [0.2, 0.25) is 0 Å². The van der Waals surface area contributed by atoms with Crippen molar-refractivity contribution in [3.8, 4) is 11.3 Å². The van der Waals surface area contributed by atoms with Gasteiger partial charge in [-0.25, -0.2) is 4.79 Å². The van der Waals surface area contributed by atoms with Gasteiger partial charge >= 0.3 is 5.97 Å². The second kappa shape index (κ2) is 5.85. The Hall–Kier alpha value is -2.88. The SMILES string of the molecule is Cc1ccc(Cn2nc(-c3ccccc3)cc2C(=O)O)cc1. The second-order valence-corrected chi connectivity index (χ2v) is 5.23. The average Bonchev–Trinajstić information content (AvgIpc) is 2.95. The third kappa shape index (κ3) is 2.91. The number of hydrogen-bond donors (Lipinski definition) is 1. The predicted octanol–water partition coefficient (Wildman–Crippen LogP) is 3.61. The molecule has 3 rings (SSSR count). The van der Waals surface area contributed by atoms with Gasteiger partial charge < -0.3 is 5.11 Å². The van der Waals surface area contributed by atoms with Gasteiger partial charge in [0.25, 0.3) is 0 Å². The highest BCUT2D eigenvalue weighted by atomic mass is 16.4. The molecule has 0 saturated carbocycles. The molecule has 2 aromatic carbocycles. The molecule has 0 bridgehead atoms. The molecule has 0 fully saturated rings. The molecule has 0 spiro atoms. The van der Waals surface area contributed by atoms with Gasteiger partial charge in [0.2, 0.25) is 0 Å². The summed E-state index contributed by atoms with van der Waals surface area (Å²) in [5, 5.41) is 13.8. The van der Waals surface area contributed by atoms with Gasteiger partial charge in [0.1, 0.15) is 5.69 Å². The lowest BCUT2D eigenvalue weighted by Gasteiger charge is -2.05. The number of carbonyl (C=O) groups is 1. The Balaban J connectivity index is 1.97. The van der Waals surface area contributed by atoms with E-state index >= 15 is 0 Å². The number of carboxylic acid groups (broad SMARTS) is 1. The van der Waals surface area contributed by atoms with Crippen LogP contribution in [0.15, 0.2) is 60.7 Å². The maximum absolute atomic E-state index is 11.4. The van der Waals surface area contributed by atoms with Gasteiger partial charge in [0, 0.05) is 5.56 Å². The summed E-state index contributed by atoms with van der Waals surface area (Å²) in [7, 11) is 0.